The van der Waals surface area contributed by atoms with Crippen LogP contribution < -0.4 is 0 Å². The van der Waals surface area contributed by atoms with E-state index in [-0.39, 0.29) is 5.75 Å². The van der Waals surface area contributed by atoms with Gasteiger partial charge in [-0.1, -0.05) is 53.3 Å². The Kier molecular flexibility index (Phi) is 11.5. The summed E-state index contributed by atoms with van der Waals surface area (Å²) in [5.41, 5.74) is 2.16. The Hall–Kier alpha value is -1.57. The summed E-state index contributed by atoms with van der Waals surface area (Å²) in [5.74, 6) is 0.190. The SMILES string of the molecule is C=Cc1cc(O)c(C)nc1C=C.CC.CCC. The van der Waals surface area contributed by atoms with Gasteiger partial charge in [0.1, 0.15) is 5.75 Å². The van der Waals surface area contributed by atoms with Gasteiger partial charge in [0, 0.05) is 5.56 Å². The zero-order valence-electron chi connectivity index (χ0n) is 11.7. The van der Waals surface area contributed by atoms with E-state index in [4.69, 9.17) is 0 Å². The average Bonchev–Trinajstić information content (AvgIpc) is 2.35. The van der Waals surface area contributed by atoms with E-state index in [0.29, 0.717) is 5.69 Å². The van der Waals surface area contributed by atoms with Crippen molar-refractivity contribution in [2.45, 2.75) is 41.0 Å². The molecule has 0 atom stereocenters. The highest BCUT2D eigenvalue weighted by Crippen LogP contribution is 2.19. The molecule has 1 heterocycles. The molecule has 0 saturated carbocycles. The van der Waals surface area contributed by atoms with Crippen LogP contribution in [0.4, 0.5) is 0 Å². The van der Waals surface area contributed by atoms with Crippen molar-refractivity contribution in [3.05, 3.63) is 36.2 Å². The molecular weight excluding hydrogens is 210 g/mol. The lowest BCUT2D eigenvalue weighted by Crippen LogP contribution is -1.89. The number of nitrogens with zero attached hydrogens (tertiary/aromatic N) is 1. The van der Waals surface area contributed by atoms with Crippen LogP contribution in [0.1, 0.15) is 51.1 Å². The van der Waals surface area contributed by atoms with Crippen LogP contribution in [0.5, 0.6) is 5.75 Å². The lowest BCUT2D eigenvalue weighted by Gasteiger charge is -2.03. The topological polar surface area (TPSA) is 33.1 Å². The summed E-state index contributed by atoms with van der Waals surface area (Å²) < 4.78 is 0. The van der Waals surface area contributed by atoms with Gasteiger partial charge in [-0.05, 0) is 19.1 Å². The van der Waals surface area contributed by atoms with Crippen LogP contribution in [0.3, 0.4) is 0 Å². The molecule has 0 radical (unpaired) electrons. The molecule has 0 aliphatic heterocycles. The normalized spacial score (nSPS) is 8.06. The van der Waals surface area contributed by atoms with Gasteiger partial charge in [-0.2, -0.15) is 0 Å². The van der Waals surface area contributed by atoms with Crippen LogP contribution in [0.15, 0.2) is 19.2 Å². The van der Waals surface area contributed by atoms with Crippen molar-refractivity contribution in [1.29, 1.82) is 0 Å². The van der Waals surface area contributed by atoms with Gasteiger partial charge in [0.25, 0.3) is 0 Å². The summed E-state index contributed by atoms with van der Waals surface area (Å²) in [6, 6.07) is 1.63. The zero-order valence-corrected chi connectivity index (χ0v) is 11.7. The minimum Gasteiger partial charge on any atom is -0.506 e. The number of hydrogen-bond donors (Lipinski definition) is 1. The molecule has 2 heteroatoms. The van der Waals surface area contributed by atoms with Crippen LogP contribution in [0.25, 0.3) is 12.2 Å². The Balaban J connectivity index is 0. The monoisotopic (exact) mass is 235 g/mol. The van der Waals surface area contributed by atoms with Crippen LogP contribution in [-0.2, 0) is 0 Å². The Morgan fingerprint density at radius 3 is 2.06 bits per heavy atom. The molecule has 1 N–H and O–H groups in total. The quantitative estimate of drug-likeness (QED) is 0.796. The molecule has 0 spiro atoms. The first-order valence-electron chi connectivity index (χ1n) is 6.06. The highest BCUT2D eigenvalue weighted by atomic mass is 16.3. The molecule has 0 aliphatic rings. The number of aromatic hydroxyl groups is 1. The molecule has 0 saturated heterocycles. The minimum atomic E-state index is 0.190. The second-order valence-corrected chi connectivity index (χ2v) is 3.18. The summed E-state index contributed by atoms with van der Waals surface area (Å²) in [5, 5.41) is 9.31. The molecule has 0 amide bonds. The fourth-order valence-electron chi connectivity index (χ4n) is 0.955. The molecule has 0 bridgehead atoms. The maximum absolute atomic E-state index is 9.31. The van der Waals surface area contributed by atoms with Crippen LogP contribution in [-0.4, -0.2) is 10.1 Å². The van der Waals surface area contributed by atoms with E-state index < -0.39 is 0 Å². The van der Waals surface area contributed by atoms with Gasteiger partial charge in [0.15, 0.2) is 0 Å². The lowest BCUT2D eigenvalue weighted by molar-refractivity contribution is 0.467. The van der Waals surface area contributed by atoms with E-state index in [1.165, 1.54) is 6.42 Å². The van der Waals surface area contributed by atoms with Crippen LogP contribution in [0.2, 0.25) is 0 Å². The number of pyridine rings is 1. The predicted octanol–water partition coefficient (Wildman–Crippen LogP) is 4.82. The molecule has 17 heavy (non-hydrogen) atoms. The molecule has 0 fully saturated rings. The van der Waals surface area contributed by atoms with Crippen molar-refractivity contribution in [3.8, 4) is 5.75 Å². The van der Waals surface area contributed by atoms with Crippen molar-refractivity contribution in [3.63, 3.8) is 0 Å². The van der Waals surface area contributed by atoms with Crippen LogP contribution in [0, 0.1) is 6.92 Å². The first kappa shape index (κ1) is 17.8. The molecule has 2 nitrogen and oxygen atoms in total. The molecule has 0 aromatic carbocycles. The van der Waals surface area contributed by atoms with E-state index in [1.807, 2.05) is 13.8 Å². The highest BCUT2D eigenvalue weighted by Gasteiger charge is 2.02. The fraction of sp³-hybridized carbons (Fsp3) is 0.400. The predicted molar refractivity (Wildman–Crippen MR) is 78.1 cm³/mol. The van der Waals surface area contributed by atoms with Crippen molar-refractivity contribution >= 4 is 12.2 Å². The number of aromatic nitrogens is 1. The first-order valence-corrected chi connectivity index (χ1v) is 6.06. The maximum Gasteiger partial charge on any atom is 0.137 e. The van der Waals surface area contributed by atoms with Gasteiger partial charge in [0.2, 0.25) is 0 Å². The zero-order chi connectivity index (χ0) is 13.8. The van der Waals surface area contributed by atoms with Crippen molar-refractivity contribution in [1.82, 2.24) is 4.98 Å². The first-order chi connectivity index (χ1) is 8.10. The van der Waals surface area contributed by atoms with Gasteiger partial charge in [-0.15, -0.1) is 0 Å². The summed E-state index contributed by atoms with van der Waals surface area (Å²) in [4.78, 5) is 4.12. The Morgan fingerprint density at radius 1 is 1.24 bits per heavy atom. The second-order valence-electron chi connectivity index (χ2n) is 3.18. The van der Waals surface area contributed by atoms with Crippen molar-refractivity contribution in [2.24, 2.45) is 0 Å². The molecule has 0 unspecified atom stereocenters. The van der Waals surface area contributed by atoms with Gasteiger partial charge in [0.05, 0.1) is 11.4 Å². The summed E-state index contributed by atoms with van der Waals surface area (Å²) in [7, 11) is 0. The van der Waals surface area contributed by atoms with Crippen molar-refractivity contribution in [2.75, 3.05) is 0 Å². The maximum atomic E-state index is 9.31. The molecular formula is C15H25NO. The van der Waals surface area contributed by atoms with Gasteiger partial charge in [-0.25, -0.2) is 4.98 Å². The Bertz CT molecular complexity index is 310. The summed E-state index contributed by atoms with van der Waals surface area (Å²) >= 11 is 0. The smallest absolute Gasteiger partial charge is 0.137 e. The molecule has 1 rings (SSSR count). The summed E-state index contributed by atoms with van der Waals surface area (Å²) in [6.07, 6.45) is 4.53. The number of aryl methyl sites for hydroxylation is 1. The van der Waals surface area contributed by atoms with E-state index in [0.717, 1.165) is 11.3 Å². The largest absolute Gasteiger partial charge is 0.506 e. The lowest BCUT2D eigenvalue weighted by atomic mass is 10.1. The Labute approximate surface area is 106 Å². The second kappa shape index (κ2) is 10.9. The van der Waals surface area contributed by atoms with Crippen molar-refractivity contribution < 1.29 is 5.11 Å². The standard InChI is InChI=1S/C10H11NO.C3H8.C2H6/c1-4-8-6-10(12)7(3)11-9(8)5-2;1-3-2;1-2/h4-6,12H,1-2H2,3H3;3H2,1-2H3;1-2H3. The van der Waals surface area contributed by atoms with E-state index in [9.17, 15) is 5.11 Å². The third-order valence-corrected chi connectivity index (χ3v) is 1.66. The third-order valence-electron chi connectivity index (χ3n) is 1.66. The van der Waals surface area contributed by atoms with E-state index >= 15 is 0 Å². The van der Waals surface area contributed by atoms with E-state index in [2.05, 4.69) is 32.0 Å². The fourth-order valence-corrected chi connectivity index (χ4v) is 0.955. The number of hydrogen-bond acceptors (Lipinski definition) is 2. The van der Waals surface area contributed by atoms with Gasteiger partial charge >= 0.3 is 0 Å². The molecule has 1 aromatic heterocycles. The summed E-state index contributed by atoms with van der Waals surface area (Å²) in [6.45, 7) is 17.2. The molecule has 96 valence electrons. The number of rotatable bonds is 2. The highest BCUT2D eigenvalue weighted by molar-refractivity contribution is 5.62. The average molecular weight is 235 g/mol. The van der Waals surface area contributed by atoms with Gasteiger partial charge in [-0.3, -0.25) is 0 Å². The van der Waals surface area contributed by atoms with E-state index in [1.54, 1.807) is 25.1 Å². The molecule has 1 aromatic rings. The van der Waals surface area contributed by atoms with Gasteiger partial charge < -0.3 is 5.11 Å². The minimum absolute atomic E-state index is 0.190. The molecule has 0 aliphatic carbocycles. The Morgan fingerprint density at radius 2 is 1.71 bits per heavy atom. The van der Waals surface area contributed by atoms with Crippen LogP contribution >= 0.6 is 0 Å². The third kappa shape index (κ3) is 6.56.